The summed E-state index contributed by atoms with van der Waals surface area (Å²) >= 11 is 12.3. The lowest BCUT2D eigenvalue weighted by Crippen LogP contribution is -2.38. The van der Waals surface area contributed by atoms with Crippen molar-refractivity contribution in [2.45, 2.75) is 38.6 Å². The quantitative estimate of drug-likeness (QED) is 0.834. The lowest BCUT2D eigenvalue weighted by atomic mass is 9.93. The Morgan fingerprint density at radius 3 is 2.62 bits per heavy atom. The van der Waals surface area contributed by atoms with Crippen LogP contribution in [0, 0.1) is 0 Å². The number of rotatable bonds is 4. The Kier molecular flexibility index (Phi) is 5.49. The summed E-state index contributed by atoms with van der Waals surface area (Å²) in [5.41, 5.74) is 1.23. The number of hydrogen-bond acceptors (Lipinski definition) is 3. The summed E-state index contributed by atoms with van der Waals surface area (Å²) in [4.78, 5) is 39.4. The van der Waals surface area contributed by atoms with E-state index in [0.29, 0.717) is 47.0 Å². The van der Waals surface area contributed by atoms with Crippen molar-refractivity contribution in [3.8, 4) is 0 Å². The van der Waals surface area contributed by atoms with Gasteiger partial charge >= 0.3 is 0 Å². The number of Topliss-reactive ketones (excluding diaryl/α,β-unsaturated/α-hetero) is 1. The first-order valence-electron chi connectivity index (χ1n) is 8.40. The van der Waals surface area contributed by atoms with Crippen molar-refractivity contribution in [3.63, 3.8) is 0 Å². The number of hydrogen-bond donors (Lipinski definition) is 2. The molecule has 1 aliphatic carbocycles. The highest BCUT2D eigenvalue weighted by Crippen LogP contribution is 2.25. The number of H-pyrrole nitrogens is 1. The number of aryl methyl sites for hydroxylation is 1. The summed E-state index contributed by atoms with van der Waals surface area (Å²) in [6, 6.07) is 6.32. The largest absolute Gasteiger partial charge is 0.349 e. The maximum atomic E-state index is 12.5. The SMILES string of the molecule is CC(Cc1c(Cl)cccc1Cl)NC(=O)c1cc2c([nH]c1=O)CCCC2=O. The minimum atomic E-state index is -0.525. The number of ketones is 1. The molecule has 5 nitrogen and oxygen atoms in total. The third-order valence-corrected chi connectivity index (χ3v) is 5.16. The second-order valence-corrected chi connectivity index (χ2v) is 7.27. The summed E-state index contributed by atoms with van der Waals surface area (Å²) in [6.07, 6.45) is 2.20. The van der Waals surface area contributed by atoms with Gasteiger partial charge in [0.1, 0.15) is 5.56 Å². The van der Waals surface area contributed by atoms with E-state index in [-0.39, 0.29) is 17.4 Å². The second kappa shape index (κ2) is 7.64. The average Bonchev–Trinajstić information content (AvgIpc) is 2.58. The molecule has 2 aromatic rings. The first kappa shape index (κ1) is 18.7. The average molecular weight is 393 g/mol. The van der Waals surface area contributed by atoms with Crippen molar-refractivity contribution in [1.29, 1.82) is 0 Å². The van der Waals surface area contributed by atoms with Crippen LogP contribution in [-0.4, -0.2) is 22.7 Å². The molecular formula is C19H18Cl2N2O3. The van der Waals surface area contributed by atoms with E-state index < -0.39 is 11.5 Å². The number of carbonyl (C=O) groups is 2. The van der Waals surface area contributed by atoms with Crippen molar-refractivity contribution in [2.24, 2.45) is 0 Å². The van der Waals surface area contributed by atoms with Gasteiger partial charge in [-0.05, 0) is 49.9 Å². The van der Waals surface area contributed by atoms with Crippen LogP contribution in [0.2, 0.25) is 10.0 Å². The summed E-state index contributed by atoms with van der Waals surface area (Å²) in [5, 5.41) is 3.82. The number of nitrogens with one attached hydrogen (secondary N) is 2. The van der Waals surface area contributed by atoms with Crippen LogP contribution in [0.4, 0.5) is 0 Å². The van der Waals surface area contributed by atoms with Crippen molar-refractivity contribution in [3.05, 3.63) is 67.0 Å². The molecule has 1 amide bonds. The molecule has 26 heavy (non-hydrogen) atoms. The van der Waals surface area contributed by atoms with Gasteiger partial charge in [0.2, 0.25) is 0 Å². The van der Waals surface area contributed by atoms with E-state index in [2.05, 4.69) is 10.3 Å². The molecule has 136 valence electrons. The molecule has 0 aliphatic heterocycles. The van der Waals surface area contributed by atoms with Gasteiger partial charge in [-0.2, -0.15) is 0 Å². The van der Waals surface area contributed by atoms with Crippen LogP contribution in [0.5, 0.6) is 0 Å². The number of halogens is 2. The minimum Gasteiger partial charge on any atom is -0.349 e. The summed E-state index contributed by atoms with van der Waals surface area (Å²) in [7, 11) is 0. The highest BCUT2D eigenvalue weighted by molar-refractivity contribution is 6.36. The van der Waals surface area contributed by atoms with Gasteiger partial charge in [-0.15, -0.1) is 0 Å². The molecule has 2 N–H and O–H groups in total. The summed E-state index contributed by atoms with van der Waals surface area (Å²) < 4.78 is 0. The summed E-state index contributed by atoms with van der Waals surface area (Å²) in [6.45, 7) is 1.80. The Labute approximate surface area is 160 Å². The fourth-order valence-electron chi connectivity index (χ4n) is 3.13. The molecule has 1 aromatic heterocycles. The van der Waals surface area contributed by atoms with Crippen LogP contribution in [0.3, 0.4) is 0 Å². The number of aromatic amines is 1. The molecule has 1 heterocycles. The highest BCUT2D eigenvalue weighted by atomic mass is 35.5. The zero-order valence-corrected chi connectivity index (χ0v) is 15.7. The number of amides is 1. The Morgan fingerprint density at radius 2 is 1.92 bits per heavy atom. The molecule has 1 unspecified atom stereocenters. The van der Waals surface area contributed by atoms with E-state index in [1.165, 1.54) is 6.07 Å². The van der Waals surface area contributed by atoms with Gasteiger partial charge in [-0.1, -0.05) is 29.3 Å². The zero-order valence-electron chi connectivity index (χ0n) is 14.2. The Bertz CT molecular complexity index is 917. The fourth-order valence-corrected chi connectivity index (χ4v) is 3.68. The molecule has 0 spiro atoms. The molecule has 1 atom stereocenters. The predicted molar refractivity (Wildman–Crippen MR) is 101 cm³/mol. The van der Waals surface area contributed by atoms with Crippen LogP contribution in [-0.2, 0) is 12.8 Å². The molecule has 0 saturated carbocycles. The maximum Gasteiger partial charge on any atom is 0.261 e. The standard InChI is InChI=1S/C19H18Cl2N2O3/c1-10(8-11-14(20)4-2-5-15(11)21)22-18(25)13-9-12-16(23-19(13)26)6-3-7-17(12)24/h2,4-5,9-10H,3,6-8H2,1H3,(H,22,25)(H,23,26). The molecule has 0 radical (unpaired) electrons. The first-order valence-corrected chi connectivity index (χ1v) is 9.15. The Balaban J connectivity index is 1.79. The van der Waals surface area contributed by atoms with Crippen LogP contribution in [0.1, 0.15) is 51.7 Å². The van der Waals surface area contributed by atoms with E-state index >= 15 is 0 Å². The van der Waals surface area contributed by atoms with E-state index in [4.69, 9.17) is 23.2 Å². The highest BCUT2D eigenvalue weighted by Gasteiger charge is 2.23. The molecule has 1 aromatic carbocycles. The molecular weight excluding hydrogens is 375 g/mol. The molecule has 0 fully saturated rings. The topological polar surface area (TPSA) is 79.0 Å². The predicted octanol–water partition coefficient (Wildman–Crippen LogP) is 3.56. The molecule has 0 saturated heterocycles. The number of pyridine rings is 1. The number of aromatic nitrogens is 1. The van der Waals surface area contributed by atoms with Crippen LogP contribution in [0.25, 0.3) is 0 Å². The van der Waals surface area contributed by atoms with Gasteiger partial charge in [0.05, 0.1) is 0 Å². The normalized spacial score (nSPS) is 14.7. The van der Waals surface area contributed by atoms with Gasteiger partial charge < -0.3 is 10.3 Å². The zero-order chi connectivity index (χ0) is 18.8. The lowest BCUT2D eigenvalue weighted by molar-refractivity contribution is 0.0938. The van der Waals surface area contributed by atoms with Crippen LogP contribution >= 0.6 is 23.2 Å². The van der Waals surface area contributed by atoms with E-state index in [1.807, 2.05) is 0 Å². The third-order valence-electron chi connectivity index (χ3n) is 4.45. The second-order valence-electron chi connectivity index (χ2n) is 6.46. The first-order chi connectivity index (χ1) is 12.4. The Hall–Kier alpha value is -2.11. The van der Waals surface area contributed by atoms with E-state index in [9.17, 15) is 14.4 Å². The number of carbonyl (C=O) groups excluding carboxylic acids is 2. The Morgan fingerprint density at radius 1 is 1.23 bits per heavy atom. The third kappa shape index (κ3) is 3.84. The summed E-state index contributed by atoms with van der Waals surface area (Å²) in [5.74, 6) is -0.574. The van der Waals surface area contributed by atoms with Gasteiger partial charge in [-0.25, -0.2) is 0 Å². The van der Waals surface area contributed by atoms with Gasteiger partial charge in [0.25, 0.3) is 11.5 Å². The lowest BCUT2D eigenvalue weighted by Gasteiger charge is -2.17. The van der Waals surface area contributed by atoms with E-state index in [1.54, 1.807) is 25.1 Å². The maximum absolute atomic E-state index is 12.5. The van der Waals surface area contributed by atoms with Crippen molar-refractivity contribution in [2.75, 3.05) is 0 Å². The number of benzene rings is 1. The monoisotopic (exact) mass is 392 g/mol. The van der Waals surface area contributed by atoms with Gasteiger partial charge in [0.15, 0.2) is 5.78 Å². The smallest absolute Gasteiger partial charge is 0.261 e. The van der Waals surface area contributed by atoms with Crippen molar-refractivity contribution in [1.82, 2.24) is 10.3 Å². The van der Waals surface area contributed by atoms with Crippen LogP contribution < -0.4 is 10.9 Å². The van der Waals surface area contributed by atoms with Crippen molar-refractivity contribution < 1.29 is 9.59 Å². The van der Waals surface area contributed by atoms with Gasteiger partial charge in [-0.3, -0.25) is 14.4 Å². The molecule has 3 rings (SSSR count). The molecule has 7 heteroatoms. The number of fused-ring (bicyclic) bond motifs is 1. The fraction of sp³-hybridized carbons (Fsp3) is 0.316. The molecule has 0 bridgehead atoms. The molecule has 1 aliphatic rings. The minimum absolute atomic E-state index is 0.0487. The van der Waals surface area contributed by atoms with E-state index in [0.717, 1.165) is 5.56 Å². The van der Waals surface area contributed by atoms with Gasteiger partial charge in [0, 0.05) is 33.8 Å². The van der Waals surface area contributed by atoms with Crippen LogP contribution in [0.15, 0.2) is 29.1 Å². The van der Waals surface area contributed by atoms with Crippen molar-refractivity contribution >= 4 is 34.9 Å².